The summed E-state index contributed by atoms with van der Waals surface area (Å²) in [5, 5.41) is 6.05. The molecule has 1 fully saturated rings. The van der Waals surface area contributed by atoms with Gasteiger partial charge in [-0.25, -0.2) is 9.37 Å². The number of amides is 2. The summed E-state index contributed by atoms with van der Waals surface area (Å²) in [5.41, 5.74) is 0.848. The van der Waals surface area contributed by atoms with Crippen molar-refractivity contribution in [1.82, 2.24) is 19.8 Å². The Hall–Kier alpha value is -3.50. The van der Waals surface area contributed by atoms with E-state index in [1.807, 2.05) is 0 Å². The minimum Gasteiger partial charge on any atom is -0.494 e. The Balaban J connectivity index is 1.53. The number of halogens is 3. The van der Waals surface area contributed by atoms with Crippen LogP contribution in [0.3, 0.4) is 0 Å². The average molecular weight is 490 g/mol. The monoisotopic (exact) mass is 489 g/mol. The fraction of sp³-hybridized carbons (Fsp3) is 0.261. The second-order valence-electron chi connectivity index (χ2n) is 7.66. The molecule has 1 aliphatic heterocycles. The van der Waals surface area contributed by atoms with E-state index in [1.165, 1.54) is 43.1 Å². The number of aromatic nitrogens is 2. The van der Waals surface area contributed by atoms with Crippen LogP contribution in [0.1, 0.15) is 21.0 Å². The van der Waals surface area contributed by atoms with Crippen LogP contribution in [0.2, 0.25) is 5.02 Å². The maximum atomic E-state index is 14.5. The van der Waals surface area contributed by atoms with Crippen molar-refractivity contribution in [2.45, 2.75) is 0 Å². The molecular formula is C23H22ClF2N5O3. The Morgan fingerprint density at radius 2 is 1.88 bits per heavy atom. The Labute approximate surface area is 199 Å². The van der Waals surface area contributed by atoms with Gasteiger partial charge in [-0.15, -0.1) is 0 Å². The second-order valence-corrected chi connectivity index (χ2v) is 8.07. The largest absolute Gasteiger partial charge is 0.494 e. The molecule has 11 heteroatoms. The van der Waals surface area contributed by atoms with Crippen LogP contribution in [-0.4, -0.2) is 59.6 Å². The topological polar surface area (TPSA) is 88.5 Å². The molecule has 0 unspecified atom stereocenters. The molecule has 0 atom stereocenters. The number of carbonyl (C=O) groups excluding carboxylic acids is 2. The molecule has 0 bridgehead atoms. The number of nitrogens with one attached hydrogen (secondary N) is 2. The summed E-state index contributed by atoms with van der Waals surface area (Å²) < 4.78 is 34.8. The van der Waals surface area contributed by atoms with Gasteiger partial charge < -0.3 is 24.8 Å². The summed E-state index contributed by atoms with van der Waals surface area (Å²) in [5.74, 6) is -3.24. The molecule has 1 saturated heterocycles. The van der Waals surface area contributed by atoms with Gasteiger partial charge >= 0.3 is 0 Å². The lowest BCUT2D eigenvalue weighted by Crippen LogP contribution is -2.46. The van der Waals surface area contributed by atoms with Gasteiger partial charge in [0.25, 0.3) is 11.8 Å². The van der Waals surface area contributed by atoms with E-state index in [0.29, 0.717) is 24.3 Å². The van der Waals surface area contributed by atoms with Crippen molar-refractivity contribution in [3.8, 4) is 17.0 Å². The van der Waals surface area contributed by atoms with E-state index in [-0.39, 0.29) is 33.8 Å². The number of hydrogen-bond acceptors (Lipinski definition) is 5. The Kier molecular flexibility index (Phi) is 6.80. The number of nitrogens with zero attached hydrogens (tertiary/aromatic N) is 3. The molecule has 178 valence electrons. The summed E-state index contributed by atoms with van der Waals surface area (Å²) in [6.45, 7) is 2.62. The van der Waals surface area contributed by atoms with Crippen molar-refractivity contribution < 1.29 is 23.1 Å². The molecular weight excluding hydrogens is 468 g/mol. The van der Waals surface area contributed by atoms with Gasteiger partial charge in [-0.05, 0) is 30.3 Å². The summed E-state index contributed by atoms with van der Waals surface area (Å²) in [7, 11) is 2.75. The fourth-order valence-corrected chi connectivity index (χ4v) is 4.01. The number of rotatable bonds is 5. The molecule has 1 aromatic heterocycles. The first-order valence-corrected chi connectivity index (χ1v) is 10.8. The number of methoxy groups -OCH3 is 1. The van der Waals surface area contributed by atoms with Crippen LogP contribution >= 0.6 is 11.6 Å². The minimum atomic E-state index is -1.13. The predicted octanol–water partition coefficient (Wildman–Crippen LogP) is 3.33. The number of anilines is 1. The van der Waals surface area contributed by atoms with Crippen molar-refractivity contribution in [3.63, 3.8) is 0 Å². The first-order chi connectivity index (χ1) is 16.3. The van der Waals surface area contributed by atoms with E-state index in [0.717, 1.165) is 13.1 Å². The van der Waals surface area contributed by atoms with Crippen molar-refractivity contribution >= 4 is 29.1 Å². The Morgan fingerprint density at radius 1 is 1.15 bits per heavy atom. The molecule has 0 spiro atoms. The highest BCUT2D eigenvalue weighted by Crippen LogP contribution is 2.30. The quantitative estimate of drug-likeness (QED) is 0.574. The number of imidazole rings is 1. The molecule has 4 rings (SSSR count). The van der Waals surface area contributed by atoms with Crippen molar-refractivity contribution in [2.24, 2.45) is 7.05 Å². The standard InChI is InChI=1S/C23H22ClF2N5O3/c1-30-17(15-5-6-18(34-2)20(26)19(15)25)12-28-21(30)22(32)29-13-3-4-14(16(24)11-13)23(33)31-9-7-27-8-10-31/h3-6,11-12,27H,7-10H2,1-2H3,(H,29,32). The zero-order valence-corrected chi connectivity index (χ0v) is 19.2. The Morgan fingerprint density at radius 3 is 2.56 bits per heavy atom. The lowest BCUT2D eigenvalue weighted by molar-refractivity contribution is 0.0736. The van der Waals surface area contributed by atoms with Gasteiger partial charge in [0.2, 0.25) is 5.82 Å². The lowest BCUT2D eigenvalue weighted by atomic mass is 10.1. The van der Waals surface area contributed by atoms with Crippen LogP contribution in [0, 0.1) is 11.6 Å². The lowest BCUT2D eigenvalue weighted by Gasteiger charge is -2.27. The molecule has 2 N–H and O–H groups in total. The number of piperazine rings is 1. The SMILES string of the molecule is COc1ccc(-c2cnc(C(=O)Nc3ccc(C(=O)N4CCNCC4)c(Cl)c3)n2C)c(F)c1F. The molecule has 2 aromatic carbocycles. The summed E-state index contributed by atoms with van der Waals surface area (Å²) in [6, 6.07) is 7.26. The predicted molar refractivity (Wildman–Crippen MR) is 123 cm³/mol. The fourth-order valence-electron chi connectivity index (χ4n) is 3.75. The van der Waals surface area contributed by atoms with Crippen LogP contribution in [0.15, 0.2) is 36.5 Å². The Bertz CT molecular complexity index is 1260. The number of hydrogen-bond donors (Lipinski definition) is 2. The average Bonchev–Trinajstić information content (AvgIpc) is 3.22. The van der Waals surface area contributed by atoms with Gasteiger partial charge in [0.15, 0.2) is 17.4 Å². The second kappa shape index (κ2) is 9.78. The maximum Gasteiger partial charge on any atom is 0.291 e. The number of carbonyl (C=O) groups is 2. The molecule has 8 nitrogen and oxygen atoms in total. The van der Waals surface area contributed by atoms with Crippen LogP contribution in [0.4, 0.5) is 14.5 Å². The van der Waals surface area contributed by atoms with Crippen molar-refractivity contribution in [2.75, 3.05) is 38.6 Å². The molecule has 0 saturated carbocycles. The summed E-state index contributed by atoms with van der Waals surface area (Å²) in [6.07, 6.45) is 1.28. The van der Waals surface area contributed by atoms with Crippen LogP contribution < -0.4 is 15.4 Å². The summed E-state index contributed by atoms with van der Waals surface area (Å²) >= 11 is 6.32. The maximum absolute atomic E-state index is 14.5. The van der Waals surface area contributed by atoms with Gasteiger partial charge in [0, 0.05) is 44.5 Å². The molecule has 0 aliphatic carbocycles. The summed E-state index contributed by atoms with van der Waals surface area (Å²) in [4.78, 5) is 31.3. The van der Waals surface area contributed by atoms with Crippen molar-refractivity contribution in [1.29, 1.82) is 0 Å². The van der Waals surface area contributed by atoms with Crippen LogP contribution in [-0.2, 0) is 7.05 Å². The zero-order chi connectivity index (χ0) is 24.4. The molecule has 1 aliphatic rings. The van der Waals surface area contributed by atoms with Crippen LogP contribution in [0.5, 0.6) is 5.75 Å². The third-order valence-electron chi connectivity index (χ3n) is 5.60. The molecule has 3 aromatic rings. The van der Waals surface area contributed by atoms with E-state index in [2.05, 4.69) is 15.6 Å². The normalized spacial score (nSPS) is 13.6. The van der Waals surface area contributed by atoms with E-state index < -0.39 is 17.5 Å². The van der Waals surface area contributed by atoms with Gasteiger partial charge in [0.05, 0.1) is 29.6 Å². The number of ether oxygens (including phenoxy) is 1. The molecule has 2 amide bonds. The first kappa shape index (κ1) is 23.7. The van der Waals surface area contributed by atoms with E-state index in [9.17, 15) is 18.4 Å². The molecule has 2 heterocycles. The van der Waals surface area contributed by atoms with Gasteiger partial charge in [-0.1, -0.05) is 11.6 Å². The molecule has 34 heavy (non-hydrogen) atoms. The minimum absolute atomic E-state index is 0.0253. The smallest absolute Gasteiger partial charge is 0.291 e. The zero-order valence-electron chi connectivity index (χ0n) is 18.5. The third kappa shape index (κ3) is 4.46. The van der Waals surface area contributed by atoms with Gasteiger partial charge in [0.1, 0.15) is 0 Å². The highest BCUT2D eigenvalue weighted by molar-refractivity contribution is 6.34. The highest BCUT2D eigenvalue weighted by atomic mass is 35.5. The van der Waals surface area contributed by atoms with E-state index in [4.69, 9.17) is 16.3 Å². The highest BCUT2D eigenvalue weighted by Gasteiger charge is 2.23. The van der Waals surface area contributed by atoms with E-state index in [1.54, 1.807) is 17.0 Å². The van der Waals surface area contributed by atoms with E-state index >= 15 is 0 Å². The third-order valence-corrected chi connectivity index (χ3v) is 5.91. The van der Waals surface area contributed by atoms with Crippen molar-refractivity contribution in [3.05, 3.63) is 64.6 Å². The molecule has 0 radical (unpaired) electrons. The van der Waals surface area contributed by atoms with Gasteiger partial charge in [-0.3, -0.25) is 9.59 Å². The first-order valence-electron chi connectivity index (χ1n) is 10.5. The van der Waals surface area contributed by atoms with Crippen LogP contribution in [0.25, 0.3) is 11.3 Å². The number of benzene rings is 2. The van der Waals surface area contributed by atoms with Gasteiger partial charge in [-0.2, -0.15) is 4.39 Å².